The van der Waals surface area contributed by atoms with Crippen LogP contribution in [0, 0.1) is 0 Å². The predicted molar refractivity (Wildman–Crippen MR) is 96.5 cm³/mol. The van der Waals surface area contributed by atoms with Crippen LogP contribution in [-0.4, -0.2) is 34.2 Å². The van der Waals surface area contributed by atoms with Crippen molar-refractivity contribution in [2.75, 3.05) is 0 Å². The zero-order valence-electron chi connectivity index (χ0n) is 14.8. The Morgan fingerprint density at radius 3 is 2.92 bits per heavy atom. The quantitative estimate of drug-likeness (QED) is 0.745. The van der Waals surface area contributed by atoms with E-state index in [-0.39, 0.29) is 24.8 Å². The highest BCUT2D eigenvalue weighted by Crippen LogP contribution is 2.19. The largest absolute Gasteiger partial charge is 0.453 e. The van der Waals surface area contributed by atoms with Gasteiger partial charge in [0.1, 0.15) is 0 Å². The van der Waals surface area contributed by atoms with Crippen molar-refractivity contribution in [1.82, 2.24) is 15.5 Å². The number of carbonyl (C=O) groups is 2. The molecule has 1 atom stereocenters. The van der Waals surface area contributed by atoms with Crippen LogP contribution in [0.1, 0.15) is 51.3 Å². The molecule has 1 saturated carbocycles. The van der Waals surface area contributed by atoms with E-state index in [2.05, 4.69) is 15.5 Å². The van der Waals surface area contributed by atoms with Crippen molar-refractivity contribution in [3.8, 4) is 11.4 Å². The third kappa shape index (κ3) is 5.14. The van der Waals surface area contributed by atoms with E-state index < -0.39 is 12.1 Å². The highest BCUT2D eigenvalue weighted by Gasteiger charge is 2.22. The summed E-state index contributed by atoms with van der Waals surface area (Å²) in [5, 5.41) is 10.7. The zero-order chi connectivity index (χ0) is 18.4. The van der Waals surface area contributed by atoms with Crippen LogP contribution >= 0.6 is 11.3 Å². The second kappa shape index (κ2) is 8.93. The van der Waals surface area contributed by atoms with Gasteiger partial charge in [-0.3, -0.25) is 9.59 Å². The monoisotopic (exact) mass is 377 g/mol. The number of hydrogen-bond donors (Lipinski definition) is 1. The fraction of sp³-hybridized carbons (Fsp3) is 0.556. The van der Waals surface area contributed by atoms with E-state index in [0.717, 1.165) is 31.2 Å². The molecule has 0 aromatic carbocycles. The zero-order valence-corrected chi connectivity index (χ0v) is 15.6. The number of amides is 1. The second-order valence-corrected chi connectivity index (χ2v) is 7.28. The van der Waals surface area contributed by atoms with Crippen molar-refractivity contribution in [3.63, 3.8) is 0 Å². The summed E-state index contributed by atoms with van der Waals surface area (Å²) in [6, 6.07) is 2.10. The fourth-order valence-electron chi connectivity index (χ4n) is 2.95. The van der Waals surface area contributed by atoms with Gasteiger partial charge < -0.3 is 14.6 Å². The van der Waals surface area contributed by atoms with Crippen molar-refractivity contribution in [1.29, 1.82) is 0 Å². The molecule has 8 heteroatoms. The summed E-state index contributed by atoms with van der Waals surface area (Å²) in [4.78, 5) is 28.4. The molecule has 2 aromatic heterocycles. The lowest BCUT2D eigenvalue weighted by atomic mass is 9.95. The van der Waals surface area contributed by atoms with E-state index in [1.807, 2.05) is 16.8 Å². The molecule has 140 valence electrons. The lowest BCUT2D eigenvalue weighted by molar-refractivity contribution is -0.155. The molecule has 1 aliphatic rings. The maximum atomic E-state index is 12.1. The second-order valence-electron chi connectivity index (χ2n) is 6.50. The molecular weight excluding hydrogens is 354 g/mol. The Hall–Kier alpha value is -2.22. The van der Waals surface area contributed by atoms with Gasteiger partial charge in [0.15, 0.2) is 6.10 Å². The van der Waals surface area contributed by atoms with Crippen LogP contribution in [0.3, 0.4) is 0 Å². The topological polar surface area (TPSA) is 94.3 Å². The molecule has 1 amide bonds. The molecule has 26 heavy (non-hydrogen) atoms. The van der Waals surface area contributed by atoms with Crippen molar-refractivity contribution in [2.24, 2.45) is 0 Å². The Bertz CT molecular complexity index is 723. The highest BCUT2D eigenvalue weighted by atomic mass is 32.1. The maximum Gasteiger partial charge on any atom is 0.307 e. The minimum absolute atomic E-state index is 0.0896. The normalized spacial score (nSPS) is 16.2. The van der Waals surface area contributed by atoms with Gasteiger partial charge in [0.25, 0.3) is 5.91 Å². The van der Waals surface area contributed by atoms with Crippen molar-refractivity contribution >= 4 is 23.2 Å². The van der Waals surface area contributed by atoms with Crippen molar-refractivity contribution in [2.45, 2.75) is 64.0 Å². The molecule has 7 nitrogen and oxygen atoms in total. The summed E-state index contributed by atoms with van der Waals surface area (Å²) in [6.45, 7) is 1.59. The first-order chi connectivity index (χ1) is 12.6. The standard InChI is InChI=1S/C18H23N3O4S/c1-12(18(23)19-14-5-3-2-4-6-14)24-16(22)8-7-15-20-17(21-25-15)13-9-10-26-11-13/h9-12,14H,2-8H2,1H3,(H,19,23)/t12-/m1/s1. The number of thiophene rings is 1. The summed E-state index contributed by atoms with van der Waals surface area (Å²) in [5.41, 5.74) is 0.889. The lowest BCUT2D eigenvalue weighted by Gasteiger charge is -2.24. The molecule has 2 heterocycles. The molecule has 0 unspecified atom stereocenters. The fourth-order valence-corrected chi connectivity index (χ4v) is 3.58. The maximum absolute atomic E-state index is 12.1. The van der Waals surface area contributed by atoms with Gasteiger partial charge in [0.2, 0.25) is 11.7 Å². The molecule has 1 fully saturated rings. The Kier molecular flexibility index (Phi) is 6.38. The van der Waals surface area contributed by atoms with Gasteiger partial charge in [-0.15, -0.1) is 0 Å². The van der Waals surface area contributed by atoms with Gasteiger partial charge >= 0.3 is 5.97 Å². The summed E-state index contributed by atoms with van der Waals surface area (Å²) < 4.78 is 10.4. The van der Waals surface area contributed by atoms with E-state index in [1.54, 1.807) is 18.3 Å². The molecule has 0 radical (unpaired) electrons. The lowest BCUT2D eigenvalue weighted by Crippen LogP contribution is -2.42. The van der Waals surface area contributed by atoms with Crippen molar-refractivity contribution < 1.29 is 18.8 Å². The summed E-state index contributed by atoms with van der Waals surface area (Å²) in [5.74, 6) is 0.201. The van der Waals surface area contributed by atoms with Gasteiger partial charge in [0, 0.05) is 23.4 Å². The van der Waals surface area contributed by atoms with Crippen LogP contribution in [0.5, 0.6) is 0 Å². The van der Waals surface area contributed by atoms with E-state index >= 15 is 0 Å². The van der Waals surface area contributed by atoms with Gasteiger partial charge in [-0.25, -0.2) is 0 Å². The number of esters is 1. The number of aryl methyl sites for hydroxylation is 1. The van der Waals surface area contributed by atoms with E-state index in [1.165, 1.54) is 6.42 Å². The molecule has 0 saturated heterocycles. The molecule has 3 rings (SSSR count). The average molecular weight is 377 g/mol. The Balaban J connectivity index is 1.41. The number of rotatable bonds is 7. The van der Waals surface area contributed by atoms with Gasteiger partial charge in [0.05, 0.1) is 6.42 Å². The number of ether oxygens (including phenoxy) is 1. The first-order valence-corrected chi connectivity index (χ1v) is 9.91. The number of nitrogens with zero attached hydrogens (tertiary/aromatic N) is 2. The van der Waals surface area contributed by atoms with E-state index in [4.69, 9.17) is 9.26 Å². The first-order valence-electron chi connectivity index (χ1n) is 8.97. The highest BCUT2D eigenvalue weighted by molar-refractivity contribution is 7.08. The number of hydrogen-bond acceptors (Lipinski definition) is 7. The third-order valence-electron chi connectivity index (χ3n) is 4.42. The van der Waals surface area contributed by atoms with Crippen LogP contribution in [0.4, 0.5) is 0 Å². The van der Waals surface area contributed by atoms with Crippen molar-refractivity contribution in [3.05, 3.63) is 22.7 Å². The third-order valence-corrected chi connectivity index (χ3v) is 5.10. The minimum atomic E-state index is -0.798. The summed E-state index contributed by atoms with van der Waals surface area (Å²) in [6.07, 6.45) is 5.06. The molecule has 0 aliphatic heterocycles. The molecule has 1 N–H and O–H groups in total. The van der Waals surface area contributed by atoms with Gasteiger partial charge in [-0.05, 0) is 31.2 Å². The molecule has 1 aliphatic carbocycles. The average Bonchev–Trinajstić information content (AvgIpc) is 3.32. The van der Waals surface area contributed by atoms with Crippen LogP contribution in [0.15, 0.2) is 21.3 Å². The predicted octanol–water partition coefficient (Wildman–Crippen LogP) is 3.11. The van der Waals surface area contributed by atoms with Crippen LogP contribution in [-0.2, 0) is 20.7 Å². The molecule has 2 aromatic rings. The Morgan fingerprint density at radius 1 is 1.38 bits per heavy atom. The Labute approximate surface area is 156 Å². The Morgan fingerprint density at radius 2 is 2.19 bits per heavy atom. The molecule has 0 spiro atoms. The summed E-state index contributed by atoms with van der Waals surface area (Å²) >= 11 is 1.55. The van der Waals surface area contributed by atoms with Crippen LogP contribution in [0.2, 0.25) is 0 Å². The molecule has 0 bridgehead atoms. The van der Waals surface area contributed by atoms with Crippen LogP contribution in [0.25, 0.3) is 11.4 Å². The number of nitrogens with one attached hydrogen (secondary N) is 1. The first kappa shape index (κ1) is 18.6. The molecular formula is C18H23N3O4S. The minimum Gasteiger partial charge on any atom is -0.453 e. The number of aromatic nitrogens is 2. The van der Waals surface area contributed by atoms with Gasteiger partial charge in [-0.1, -0.05) is 24.4 Å². The van der Waals surface area contributed by atoms with Crippen LogP contribution < -0.4 is 5.32 Å². The number of carbonyl (C=O) groups excluding carboxylic acids is 2. The SMILES string of the molecule is C[C@@H](OC(=O)CCc1nc(-c2ccsc2)no1)C(=O)NC1CCCCC1. The van der Waals surface area contributed by atoms with E-state index in [9.17, 15) is 9.59 Å². The van der Waals surface area contributed by atoms with Gasteiger partial charge in [-0.2, -0.15) is 16.3 Å². The van der Waals surface area contributed by atoms with E-state index in [0.29, 0.717) is 11.7 Å². The smallest absolute Gasteiger partial charge is 0.307 e. The summed E-state index contributed by atoms with van der Waals surface area (Å²) in [7, 11) is 0.